The summed E-state index contributed by atoms with van der Waals surface area (Å²) in [6.45, 7) is 1.95. The van der Waals surface area contributed by atoms with Crippen LogP contribution in [0.3, 0.4) is 0 Å². The molecule has 0 aliphatic carbocycles. The van der Waals surface area contributed by atoms with Crippen molar-refractivity contribution in [1.29, 1.82) is 0 Å². The molecule has 4 rings (SSSR count). The van der Waals surface area contributed by atoms with E-state index in [1.165, 1.54) is 11.1 Å². The second kappa shape index (κ2) is 9.82. The van der Waals surface area contributed by atoms with E-state index < -0.39 is 0 Å². The average Bonchev–Trinajstić information content (AvgIpc) is 3.00. The van der Waals surface area contributed by atoms with Crippen LogP contribution < -0.4 is 20.1 Å². The predicted molar refractivity (Wildman–Crippen MR) is 131 cm³/mol. The minimum absolute atomic E-state index is 0.184. The van der Waals surface area contributed by atoms with Crippen molar-refractivity contribution < 1.29 is 18.7 Å². The van der Waals surface area contributed by atoms with E-state index in [9.17, 15) is 9.18 Å². The van der Waals surface area contributed by atoms with E-state index in [0.29, 0.717) is 29.3 Å². The fourth-order valence-electron chi connectivity index (χ4n) is 3.98. The number of hydrogen-bond acceptors (Lipinski definition) is 5. The summed E-state index contributed by atoms with van der Waals surface area (Å²) in [7, 11) is 4.76. The van der Waals surface area contributed by atoms with Crippen LogP contribution in [0, 0.1) is 5.82 Å². The Kier molecular flexibility index (Phi) is 6.67. The fourth-order valence-corrected chi connectivity index (χ4v) is 3.98. The molecule has 7 nitrogen and oxygen atoms in total. The lowest BCUT2D eigenvalue weighted by Gasteiger charge is -2.22. The van der Waals surface area contributed by atoms with Crippen molar-refractivity contribution in [1.82, 2.24) is 10.3 Å². The Morgan fingerprint density at radius 2 is 1.74 bits per heavy atom. The van der Waals surface area contributed by atoms with Crippen molar-refractivity contribution in [2.45, 2.75) is 19.4 Å². The number of anilines is 2. The lowest BCUT2D eigenvalue weighted by atomic mass is 9.94. The van der Waals surface area contributed by atoms with Gasteiger partial charge in [-0.15, -0.1) is 0 Å². The van der Waals surface area contributed by atoms with E-state index in [0.717, 1.165) is 22.4 Å². The second-order valence-corrected chi connectivity index (χ2v) is 7.95. The number of hydrogen-bond donors (Lipinski definition) is 2. The molecule has 0 radical (unpaired) electrons. The molecule has 0 bridgehead atoms. The van der Waals surface area contributed by atoms with Crippen molar-refractivity contribution in [3.8, 4) is 11.5 Å². The third-order valence-corrected chi connectivity index (χ3v) is 5.74. The summed E-state index contributed by atoms with van der Waals surface area (Å²) in [6, 6.07) is 17.3. The Labute approximate surface area is 198 Å². The minimum atomic E-state index is -0.329. The van der Waals surface area contributed by atoms with Gasteiger partial charge in [0.15, 0.2) is 11.5 Å². The number of amides is 2. The van der Waals surface area contributed by atoms with Gasteiger partial charge in [-0.2, -0.15) is 5.10 Å². The first-order chi connectivity index (χ1) is 16.4. The molecule has 0 saturated heterocycles. The molecule has 0 saturated carbocycles. The van der Waals surface area contributed by atoms with Crippen molar-refractivity contribution in [3.05, 3.63) is 83.2 Å². The number of urea groups is 1. The fraction of sp³-hybridized carbons (Fsp3) is 0.231. The molecule has 1 aliphatic heterocycles. The molecular formula is C26H27FN4O3. The Bertz CT molecular complexity index is 1230. The highest BCUT2D eigenvalue weighted by atomic mass is 19.1. The molecular weight excluding hydrogens is 435 g/mol. The van der Waals surface area contributed by atoms with E-state index in [2.05, 4.69) is 10.6 Å². The van der Waals surface area contributed by atoms with Gasteiger partial charge in [0.2, 0.25) is 0 Å². The van der Waals surface area contributed by atoms with Crippen LogP contribution in [-0.4, -0.2) is 44.1 Å². The van der Waals surface area contributed by atoms with Crippen LogP contribution in [0.1, 0.15) is 23.6 Å². The number of para-hydroxylation sites is 1. The average molecular weight is 463 g/mol. The van der Waals surface area contributed by atoms with Crippen molar-refractivity contribution in [3.63, 3.8) is 0 Å². The molecule has 0 aromatic heterocycles. The maximum atomic E-state index is 14.0. The monoisotopic (exact) mass is 462 g/mol. The van der Waals surface area contributed by atoms with Crippen LogP contribution >= 0.6 is 0 Å². The number of carbonyl (C=O) groups excluding carboxylic acids is 1. The van der Waals surface area contributed by atoms with Crippen LogP contribution in [0.25, 0.3) is 0 Å². The van der Waals surface area contributed by atoms with E-state index >= 15 is 0 Å². The molecule has 1 atom stereocenters. The van der Waals surface area contributed by atoms with E-state index in [4.69, 9.17) is 14.6 Å². The van der Waals surface area contributed by atoms with Gasteiger partial charge in [0.1, 0.15) is 5.82 Å². The molecule has 176 valence electrons. The number of methoxy groups -OCH3 is 2. The Morgan fingerprint density at radius 1 is 1.06 bits per heavy atom. The molecule has 1 aliphatic rings. The summed E-state index contributed by atoms with van der Waals surface area (Å²) < 4.78 is 25.1. The van der Waals surface area contributed by atoms with Gasteiger partial charge in [0, 0.05) is 23.9 Å². The number of fused-ring (bicyclic) bond motifs is 1. The summed E-state index contributed by atoms with van der Waals surface area (Å²) in [6.07, 6.45) is 0.586. The molecule has 1 heterocycles. The lowest BCUT2D eigenvalue weighted by molar-refractivity contribution is 0.184. The second-order valence-electron chi connectivity index (χ2n) is 7.95. The third-order valence-electron chi connectivity index (χ3n) is 5.74. The van der Waals surface area contributed by atoms with E-state index in [1.54, 1.807) is 39.5 Å². The number of halogens is 1. The quantitative estimate of drug-likeness (QED) is 0.564. The molecule has 2 amide bonds. The minimum Gasteiger partial charge on any atom is -0.493 e. The smallest absolute Gasteiger partial charge is 0.337 e. The molecule has 3 aromatic rings. The summed E-state index contributed by atoms with van der Waals surface area (Å²) in [5.41, 5.74) is 4.39. The standard InChI is InChI=1S/C26H27FN4O3/c1-16-13-18-14-23(33-3)24(34-4)15-20(18)25(30-31(16)26(32)28-2)17-9-11-19(12-10-17)29-22-8-6-5-7-21(22)27/h5-12,14-16,29H,13H2,1-4H3,(H,28,32). The van der Waals surface area contributed by atoms with Crippen LogP contribution in [0.2, 0.25) is 0 Å². The number of nitrogens with one attached hydrogen (secondary N) is 2. The summed E-state index contributed by atoms with van der Waals surface area (Å²) in [5, 5.41) is 12.0. The highest BCUT2D eigenvalue weighted by Gasteiger charge is 2.28. The summed E-state index contributed by atoms with van der Waals surface area (Å²) >= 11 is 0. The van der Waals surface area contributed by atoms with Gasteiger partial charge >= 0.3 is 6.03 Å². The topological polar surface area (TPSA) is 75.2 Å². The maximum Gasteiger partial charge on any atom is 0.337 e. The predicted octanol–water partition coefficient (Wildman–Crippen LogP) is 4.92. The van der Waals surface area contributed by atoms with Gasteiger partial charge in [-0.1, -0.05) is 24.3 Å². The zero-order chi connectivity index (χ0) is 24.2. The largest absolute Gasteiger partial charge is 0.493 e. The zero-order valence-electron chi connectivity index (χ0n) is 19.6. The van der Waals surface area contributed by atoms with Gasteiger partial charge in [-0.3, -0.25) is 0 Å². The van der Waals surface area contributed by atoms with Crippen molar-refractivity contribution >= 4 is 23.1 Å². The first-order valence-corrected chi connectivity index (χ1v) is 10.9. The highest BCUT2D eigenvalue weighted by Crippen LogP contribution is 2.35. The van der Waals surface area contributed by atoms with Crippen LogP contribution in [-0.2, 0) is 6.42 Å². The van der Waals surface area contributed by atoms with Crippen LogP contribution in [0.4, 0.5) is 20.6 Å². The van der Waals surface area contributed by atoms with E-state index in [-0.39, 0.29) is 17.9 Å². The number of hydrazone groups is 1. The van der Waals surface area contributed by atoms with Gasteiger partial charge in [0.25, 0.3) is 0 Å². The maximum absolute atomic E-state index is 14.0. The molecule has 8 heteroatoms. The molecule has 0 fully saturated rings. The van der Waals surface area contributed by atoms with E-state index in [1.807, 2.05) is 43.3 Å². The Balaban J connectivity index is 1.78. The number of rotatable bonds is 5. The van der Waals surface area contributed by atoms with Crippen molar-refractivity contribution in [2.24, 2.45) is 5.10 Å². The molecule has 1 unspecified atom stereocenters. The molecule has 2 N–H and O–H groups in total. The Morgan fingerprint density at radius 3 is 2.38 bits per heavy atom. The zero-order valence-corrected chi connectivity index (χ0v) is 19.6. The summed E-state index contributed by atoms with van der Waals surface area (Å²) in [4.78, 5) is 12.6. The first-order valence-electron chi connectivity index (χ1n) is 10.9. The van der Waals surface area contributed by atoms with Gasteiger partial charge < -0.3 is 20.1 Å². The SMILES string of the molecule is CNC(=O)N1N=C(c2ccc(Nc3ccccc3F)cc2)c2cc(OC)c(OC)cc2CC1C. The molecule has 3 aromatic carbocycles. The van der Waals surface area contributed by atoms with Gasteiger partial charge in [0.05, 0.1) is 31.7 Å². The van der Waals surface area contributed by atoms with Crippen LogP contribution in [0.5, 0.6) is 11.5 Å². The Hall–Kier alpha value is -4.07. The first kappa shape index (κ1) is 23.1. The molecule has 34 heavy (non-hydrogen) atoms. The number of carbonyl (C=O) groups is 1. The highest BCUT2D eigenvalue weighted by molar-refractivity contribution is 6.14. The number of benzene rings is 3. The van der Waals surface area contributed by atoms with Crippen molar-refractivity contribution in [2.75, 3.05) is 26.6 Å². The third kappa shape index (κ3) is 4.52. The normalized spacial score (nSPS) is 15.0. The van der Waals surface area contributed by atoms with Crippen LogP contribution in [0.15, 0.2) is 65.8 Å². The molecule has 0 spiro atoms. The van der Waals surface area contributed by atoms with Gasteiger partial charge in [-0.25, -0.2) is 14.2 Å². The van der Waals surface area contributed by atoms with Gasteiger partial charge in [-0.05, 0) is 55.3 Å². The summed E-state index contributed by atoms with van der Waals surface area (Å²) in [5.74, 6) is 0.864. The lowest BCUT2D eigenvalue weighted by Crippen LogP contribution is -2.41. The number of nitrogens with zero attached hydrogens (tertiary/aromatic N) is 2. The number of ether oxygens (including phenoxy) is 2.